The average molecular weight is 198 g/mol. The van der Waals surface area contributed by atoms with Gasteiger partial charge in [-0.15, -0.1) is 0 Å². The summed E-state index contributed by atoms with van der Waals surface area (Å²) in [5, 5.41) is 9.77. The topological polar surface area (TPSA) is 59.1 Å². The Bertz CT molecular complexity index is 317. The first-order chi connectivity index (χ1) is 6.56. The third kappa shape index (κ3) is 2.27. The molecule has 0 spiro atoms. The molecule has 0 bridgehead atoms. The Morgan fingerprint density at radius 1 is 1.57 bits per heavy atom. The van der Waals surface area contributed by atoms with E-state index < -0.39 is 12.1 Å². The van der Waals surface area contributed by atoms with Gasteiger partial charge in [0.05, 0.1) is 6.10 Å². The Balaban J connectivity index is 2.95. The maximum absolute atomic E-state index is 12.7. The van der Waals surface area contributed by atoms with Gasteiger partial charge in [0.25, 0.3) is 0 Å². The van der Waals surface area contributed by atoms with Crippen molar-refractivity contribution in [1.29, 1.82) is 0 Å². The van der Waals surface area contributed by atoms with Gasteiger partial charge in [-0.25, -0.2) is 4.98 Å². The van der Waals surface area contributed by atoms with Crippen molar-refractivity contribution in [1.82, 2.24) is 4.98 Å². The molecule has 0 aliphatic rings. The normalized spacial score (nSPS) is 15.2. The summed E-state index contributed by atoms with van der Waals surface area (Å²) in [6, 6.07) is 2.42. The fraction of sp³-hybridized carbons (Fsp3) is 0.500. The van der Waals surface area contributed by atoms with Crippen LogP contribution in [0.1, 0.15) is 30.7 Å². The SMILES string of the molecule is CC[C@@H](N)[C@@H](O)c1ccc(F)nc1C. The number of aliphatic hydroxyl groups is 1. The van der Waals surface area contributed by atoms with Crippen LogP contribution in [0.25, 0.3) is 0 Å². The van der Waals surface area contributed by atoms with Gasteiger partial charge in [-0.1, -0.05) is 13.0 Å². The first-order valence-electron chi connectivity index (χ1n) is 4.63. The molecular weight excluding hydrogens is 183 g/mol. The van der Waals surface area contributed by atoms with Crippen LogP contribution < -0.4 is 5.73 Å². The predicted octanol–water partition coefficient (Wildman–Crippen LogP) is 1.30. The van der Waals surface area contributed by atoms with Crippen molar-refractivity contribution in [2.75, 3.05) is 0 Å². The molecule has 2 atom stereocenters. The number of nitrogens with zero attached hydrogens (tertiary/aromatic N) is 1. The molecule has 3 N–H and O–H groups in total. The van der Waals surface area contributed by atoms with E-state index in [1.54, 1.807) is 6.92 Å². The van der Waals surface area contributed by atoms with Gasteiger partial charge in [-0.2, -0.15) is 4.39 Å². The van der Waals surface area contributed by atoms with Crippen molar-refractivity contribution in [3.63, 3.8) is 0 Å². The van der Waals surface area contributed by atoms with Crippen LogP contribution in [0.15, 0.2) is 12.1 Å². The Hall–Kier alpha value is -1.00. The minimum absolute atomic E-state index is 0.332. The molecule has 4 heteroatoms. The third-order valence-electron chi connectivity index (χ3n) is 2.29. The van der Waals surface area contributed by atoms with Gasteiger partial charge in [0.1, 0.15) is 0 Å². The summed E-state index contributed by atoms with van der Waals surface area (Å²) in [5.74, 6) is -0.538. The van der Waals surface area contributed by atoms with E-state index in [0.717, 1.165) is 0 Å². The molecule has 1 aromatic rings. The minimum Gasteiger partial charge on any atom is -0.387 e. The van der Waals surface area contributed by atoms with Gasteiger partial charge in [0.15, 0.2) is 0 Å². The molecule has 1 aromatic heterocycles. The van der Waals surface area contributed by atoms with E-state index in [0.29, 0.717) is 17.7 Å². The summed E-state index contributed by atoms with van der Waals surface area (Å²) >= 11 is 0. The van der Waals surface area contributed by atoms with Crippen LogP contribution in [0.3, 0.4) is 0 Å². The Morgan fingerprint density at radius 3 is 2.71 bits per heavy atom. The van der Waals surface area contributed by atoms with Gasteiger partial charge in [-0.05, 0) is 19.4 Å². The molecule has 0 aliphatic carbocycles. The number of pyridine rings is 1. The number of halogens is 1. The van der Waals surface area contributed by atoms with Crippen LogP contribution in [0, 0.1) is 12.9 Å². The minimum atomic E-state index is -0.770. The van der Waals surface area contributed by atoms with Gasteiger partial charge in [-0.3, -0.25) is 0 Å². The summed E-state index contributed by atoms with van der Waals surface area (Å²) in [6.45, 7) is 3.55. The van der Waals surface area contributed by atoms with E-state index in [1.807, 2.05) is 6.92 Å². The monoisotopic (exact) mass is 198 g/mol. The maximum Gasteiger partial charge on any atom is 0.213 e. The van der Waals surface area contributed by atoms with E-state index in [1.165, 1.54) is 12.1 Å². The fourth-order valence-corrected chi connectivity index (χ4v) is 1.31. The summed E-state index contributed by atoms with van der Waals surface area (Å²) in [4.78, 5) is 3.63. The molecule has 1 rings (SSSR count). The number of aryl methyl sites for hydroxylation is 1. The van der Waals surface area contributed by atoms with E-state index in [9.17, 15) is 9.50 Å². The first-order valence-corrected chi connectivity index (χ1v) is 4.63. The van der Waals surface area contributed by atoms with E-state index in [2.05, 4.69) is 4.98 Å². The Kier molecular flexibility index (Phi) is 3.55. The van der Waals surface area contributed by atoms with Crippen molar-refractivity contribution in [2.24, 2.45) is 5.73 Å². The number of rotatable bonds is 3. The van der Waals surface area contributed by atoms with Gasteiger partial charge in [0, 0.05) is 17.3 Å². The highest BCUT2D eigenvalue weighted by Crippen LogP contribution is 2.19. The van der Waals surface area contributed by atoms with Crippen molar-refractivity contribution in [3.05, 3.63) is 29.3 Å². The van der Waals surface area contributed by atoms with Crippen LogP contribution in [0.2, 0.25) is 0 Å². The molecule has 1 heterocycles. The molecule has 3 nitrogen and oxygen atoms in total. The van der Waals surface area contributed by atoms with E-state index in [4.69, 9.17) is 5.73 Å². The molecule has 0 aromatic carbocycles. The lowest BCUT2D eigenvalue weighted by Crippen LogP contribution is -2.28. The lowest BCUT2D eigenvalue weighted by molar-refractivity contribution is 0.143. The molecule has 0 fully saturated rings. The lowest BCUT2D eigenvalue weighted by atomic mass is 10.0. The highest BCUT2D eigenvalue weighted by molar-refractivity contribution is 5.22. The lowest BCUT2D eigenvalue weighted by Gasteiger charge is -2.18. The average Bonchev–Trinajstić information content (AvgIpc) is 2.15. The fourth-order valence-electron chi connectivity index (χ4n) is 1.31. The van der Waals surface area contributed by atoms with Crippen LogP contribution in [0.4, 0.5) is 4.39 Å². The molecule has 0 aliphatic heterocycles. The molecule has 0 unspecified atom stereocenters. The summed E-state index contributed by atoms with van der Waals surface area (Å²) in [6.07, 6.45) is -0.106. The second kappa shape index (κ2) is 4.48. The molecule has 0 radical (unpaired) electrons. The first kappa shape index (κ1) is 11.1. The summed E-state index contributed by atoms with van der Waals surface area (Å²) in [7, 11) is 0. The number of aliphatic hydroxyl groups excluding tert-OH is 1. The smallest absolute Gasteiger partial charge is 0.213 e. The highest BCUT2D eigenvalue weighted by Gasteiger charge is 2.17. The van der Waals surface area contributed by atoms with Crippen molar-refractivity contribution < 1.29 is 9.50 Å². The van der Waals surface area contributed by atoms with Crippen LogP contribution in [-0.2, 0) is 0 Å². The Labute approximate surface area is 82.8 Å². The molecule has 0 saturated heterocycles. The second-order valence-electron chi connectivity index (χ2n) is 3.33. The largest absolute Gasteiger partial charge is 0.387 e. The standard InChI is InChI=1S/C10H15FN2O/c1-3-8(12)10(14)7-4-5-9(11)13-6(7)2/h4-5,8,10,14H,3,12H2,1-2H3/t8-,10+/m1/s1. The zero-order valence-electron chi connectivity index (χ0n) is 8.37. The number of nitrogens with two attached hydrogens (primary N) is 1. The number of hydrogen-bond donors (Lipinski definition) is 2. The summed E-state index contributed by atoms with van der Waals surface area (Å²) in [5.41, 5.74) is 6.77. The van der Waals surface area contributed by atoms with Crippen molar-refractivity contribution in [2.45, 2.75) is 32.4 Å². The zero-order chi connectivity index (χ0) is 10.7. The number of hydrogen-bond acceptors (Lipinski definition) is 3. The molecule has 0 amide bonds. The van der Waals surface area contributed by atoms with Gasteiger partial charge < -0.3 is 10.8 Å². The molecule has 78 valence electrons. The van der Waals surface area contributed by atoms with Crippen LogP contribution in [-0.4, -0.2) is 16.1 Å². The van der Waals surface area contributed by atoms with Crippen molar-refractivity contribution >= 4 is 0 Å². The number of aromatic nitrogens is 1. The molecular formula is C10H15FN2O. The molecule has 0 saturated carbocycles. The van der Waals surface area contributed by atoms with E-state index >= 15 is 0 Å². The van der Waals surface area contributed by atoms with Gasteiger partial charge >= 0.3 is 0 Å². The maximum atomic E-state index is 12.7. The molecule has 14 heavy (non-hydrogen) atoms. The predicted molar refractivity (Wildman–Crippen MR) is 52.2 cm³/mol. The third-order valence-corrected chi connectivity index (χ3v) is 2.29. The van der Waals surface area contributed by atoms with Crippen molar-refractivity contribution in [3.8, 4) is 0 Å². The van der Waals surface area contributed by atoms with E-state index in [-0.39, 0.29) is 6.04 Å². The summed E-state index contributed by atoms with van der Waals surface area (Å²) < 4.78 is 12.7. The van der Waals surface area contributed by atoms with Crippen LogP contribution in [0.5, 0.6) is 0 Å². The highest BCUT2D eigenvalue weighted by atomic mass is 19.1. The second-order valence-corrected chi connectivity index (χ2v) is 3.33. The Morgan fingerprint density at radius 2 is 2.21 bits per heavy atom. The van der Waals surface area contributed by atoms with Crippen LogP contribution >= 0.6 is 0 Å². The quantitative estimate of drug-likeness (QED) is 0.720. The zero-order valence-corrected chi connectivity index (χ0v) is 8.37. The van der Waals surface area contributed by atoms with Gasteiger partial charge in [0.2, 0.25) is 5.95 Å².